The van der Waals surface area contributed by atoms with Crippen LogP contribution < -0.4 is 17.2 Å². The van der Waals surface area contributed by atoms with E-state index in [-0.39, 0.29) is 0 Å². The van der Waals surface area contributed by atoms with Crippen molar-refractivity contribution in [1.29, 1.82) is 0 Å². The lowest BCUT2D eigenvalue weighted by Crippen LogP contribution is -1.97. The summed E-state index contributed by atoms with van der Waals surface area (Å²) in [6.07, 6.45) is 25.3. The molecule has 0 atom stereocenters. The molecule has 1 rings (SSSR count). The van der Waals surface area contributed by atoms with Crippen molar-refractivity contribution in [2.75, 3.05) is 0 Å². The van der Waals surface area contributed by atoms with E-state index >= 15 is 0 Å². The summed E-state index contributed by atoms with van der Waals surface area (Å²) >= 11 is 0. The number of hydrogen-bond donors (Lipinski definition) is 3. The Kier molecular flexibility index (Phi) is 12.8. The first kappa shape index (κ1) is 28.8. The van der Waals surface area contributed by atoms with Crippen LogP contribution in [0.1, 0.15) is 37.0 Å². The molecular formula is C32H39N3. The minimum Gasteiger partial charge on any atom is -0.405 e. The normalized spacial score (nSPS) is 14.0. The van der Waals surface area contributed by atoms with Gasteiger partial charge < -0.3 is 17.2 Å². The van der Waals surface area contributed by atoms with Crippen LogP contribution in [0.3, 0.4) is 0 Å². The highest BCUT2D eigenvalue weighted by Crippen LogP contribution is 2.20. The lowest BCUT2D eigenvalue weighted by atomic mass is 10.00. The molecule has 1 aromatic rings. The van der Waals surface area contributed by atoms with Gasteiger partial charge in [-0.05, 0) is 96.2 Å². The standard InChI is InChI=1S/C32H39N3/c1-7-27(20-21-33)12-10-11-13-32(35)31-19-16-26(6)30(22-31)18-15-25(5)24(4)14-17-28(8-2)29(9-3)23-34/h7-11,13-23H,3-5,12,33-35H2,1-2,6H3/b11-10-,17-14-,18-15-,21-20-,27-7-,28-8+,29-23+,32-13-. The molecule has 0 fully saturated rings. The SMILES string of the molecule is C=CC(=C\N)/C(/C=C\C(=C)C(=C)/C=C\c1cc(/C(N)=C/C=C\CC(/C=C\N)=C/C)ccc1C)=C/C. The van der Waals surface area contributed by atoms with E-state index in [0.717, 1.165) is 51.0 Å². The lowest BCUT2D eigenvalue weighted by Gasteiger charge is -2.07. The van der Waals surface area contributed by atoms with Gasteiger partial charge in [-0.2, -0.15) is 0 Å². The zero-order valence-corrected chi connectivity index (χ0v) is 21.3. The Morgan fingerprint density at radius 3 is 2.26 bits per heavy atom. The summed E-state index contributed by atoms with van der Waals surface area (Å²) in [4.78, 5) is 0. The fourth-order valence-corrected chi connectivity index (χ4v) is 3.11. The summed E-state index contributed by atoms with van der Waals surface area (Å²) in [6, 6.07) is 6.17. The molecule has 35 heavy (non-hydrogen) atoms. The molecule has 6 N–H and O–H groups in total. The molecule has 1 aromatic carbocycles. The zero-order valence-electron chi connectivity index (χ0n) is 21.3. The Labute approximate surface area is 211 Å². The highest BCUT2D eigenvalue weighted by atomic mass is 14.6. The third-order valence-electron chi connectivity index (χ3n) is 5.44. The number of allylic oxidation sites excluding steroid dienone is 15. The summed E-state index contributed by atoms with van der Waals surface area (Å²) < 4.78 is 0. The zero-order chi connectivity index (χ0) is 26.2. The molecule has 0 aliphatic rings. The second kappa shape index (κ2) is 15.6. The highest BCUT2D eigenvalue weighted by molar-refractivity contribution is 5.69. The van der Waals surface area contributed by atoms with Crippen molar-refractivity contribution in [3.63, 3.8) is 0 Å². The van der Waals surface area contributed by atoms with E-state index in [0.29, 0.717) is 5.70 Å². The number of hydrogen-bond acceptors (Lipinski definition) is 3. The molecule has 0 aliphatic carbocycles. The first-order valence-corrected chi connectivity index (χ1v) is 11.5. The van der Waals surface area contributed by atoms with Crippen molar-refractivity contribution in [1.82, 2.24) is 0 Å². The van der Waals surface area contributed by atoms with Gasteiger partial charge in [0.1, 0.15) is 0 Å². The van der Waals surface area contributed by atoms with Gasteiger partial charge in [-0.15, -0.1) is 0 Å². The molecular weight excluding hydrogens is 426 g/mol. The Bertz CT molecular complexity index is 1160. The fourth-order valence-electron chi connectivity index (χ4n) is 3.11. The molecule has 182 valence electrons. The first-order valence-electron chi connectivity index (χ1n) is 11.5. The molecule has 0 aromatic heterocycles. The number of nitrogens with two attached hydrogens (primary N) is 3. The molecule has 0 heterocycles. The van der Waals surface area contributed by atoms with E-state index in [2.05, 4.69) is 44.9 Å². The van der Waals surface area contributed by atoms with Crippen molar-refractivity contribution < 1.29 is 0 Å². The predicted octanol–water partition coefficient (Wildman–Crippen LogP) is 7.32. The van der Waals surface area contributed by atoms with E-state index < -0.39 is 0 Å². The molecule has 0 saturated carbocycles. The molecule has 0 radical (unpaired) electrons. The minimum atomic E-state index is 0.698. The molecule has 0 amide bonds. The van der Waals surface area contributed by atoms with E-state index in [1.54, 1.807) is 12.3 Å². The maximum atomic E-state index is 6.33. The molecule has 0 aliphatic heterocycles. The van der Waals surface area contributed by atoms with Crippen LogP contribution in [-0.4, -0.2) is 0 Å². The van der Waals surface area contributed by atoms with Gasteiger partial charge in [0.05, 0.1) is 0 Å². The van der Waals surface area contributed by atoms with E-state index in [4.69, 9.17) is 17.2 Å². The van der Waals surface area contributed by atoms with Crippen LogP contribution in [0.25, 0.3) is 11.8 Å². The quantitative estimate of drug-likeness (QED) is 0.283. The van der Waals surface area contributed by atoms with Crippen molar-refractivity contribution in [3.05, 3.63) is 156 Å². The lowest BCUT2D eigenvalue weighted by molar-refractivity contribution is 1.26. The summed E-state index contributed by atoms with van der Waals surface area (Å²) in [5, 5.41) is 0. The van der Waals surface area contributed by atoms with Crippen LogP contribution in [0, 0.1) is 6.92 Å². The van der Waals surface area contributed by atoms with E-state index in [1.165, 1.54) is 6.20 Å². The second-order valence-electron chi connectivity index (χ2n) is 7.84. The van der Waals surface area contributed by atoms with Gasteiger partial charge in [-0.1, -0.05) is 86.6 Å². The predicted molar refractivity (Wildman–Crippen MR) is 157 cm³/mol. The maximum absolute atomic E-state index is 6.33. The topological polar surface area (TPSA) is 78.1 Å². The van der Waals surface area contributed by atoms with E-state index in [9.17, 15) is 0 Å². The average Bonchev–Trinajstić information content (AvgIpc) is 2.87. The van der Waals surface area contributed by atoms with Crippen molar-refractivity contribution in [2.45, 2.75) is 27.2 Å². The third-order valence-corrected chi connectivity index (χ3v) is 5.44. The monoisotopic (exact) mass is 465 g/mol. The Morgan fingerprint density at radius 2 is 1.66 bits per heavy atom. The van der Waals surface area contributed by atoms with Gasteiger partial charge in [-0.25, -0.2) is 0 Å². The van der Waals surface area contributed by atoms with Crippen LogP contribution in [0.15, 0.2) is 139 Å². The summed E-state index contributed by atoms with van der Waals surface area (Å²) in [6.45, 7) is 18.1. The third kappa shape index (κ3) is 9.65. The van der Waals surface area contributed by atoms with Crippen LogP contribution in [0.4, 0.5) is 0 Å². The number of aryl methyl sites for hydroxylation is 1. The van der Waals surface area contributed by atoms with Gasteiger partial charge in [0.25, 0.3) is 0 Å². The van der Waals surface area contributed by atoms with Gasteiger partial charge in [0, 0.05) is 11.9 Å². The number of benzene rings is 1. The Hall–Kier alpha value is -4.24. The van der Waals surface area contributed by atoms with Gasteiger partial charge >= 0.3 is 0 Å². The van der Waals surface area contributed by atoms with Crippen molar-refractivity contribution in [2.24, 2.45) is 17.2 Å². The van der Waals surface area contributed by atoms with Crippen molar-refractivity contribution in [3.8, 4) is 0 Å². The van der Waals surface area contributed by atoms with Crippen LogP contribution >= 0.6 is 0 Å². The minimum absolute atomic E-state index is 0.698. The molecule has 0 bridgehead atoms. The summed E-state index contributed by atoms with van der Waals surface area (Å²) in [5.74, 6) is 0. The van der Waals surface area contributed by atoms with Crippen LogP contribution in [0.2, 0.25) is 0 Å². The smallest absolute Gasteiger partial charge is 0.0387 e. The first-order chi connectivity index (χ1) is 16.8. The van der Waals surface area contributed by atoms with Crippen LogP contribution in [-0.2, 0) is 0 Å². The van der Waals surface area contributed by atoms with E-state index in [1.807, 2.05) is 74.6 Å². The molecule has 0 unspecified atom stereocenters. The van der Waals surface area contributed by atoms with Gasteiger partial charge in [0.2, 0.25) is 0 Å². The molecule has 3 heteroatoms. The van der Waals surface area contributed by atoms with Gasteiger partial charge in [0.15, 0.2) is 0 Å². The van der Waals surface area contributed by atoms with Crippen molar-refractivity contribution >= 4 is 11.8 Å². The Morgan fingerprint density at radius 1 is 0.943 bits per heavy atom. The fraction of sp³-hybridized carbons (Fsp3) is 0.125. The van der Waals surface area contributed by atoms with Gasteiger partial charge in [-0.3, -0.25) is 0 Å². The highest BCUT2D eigenvalue weighted by Gasteiger charge is 2.02. The summed E-state index contributed by atoms with van der Waals surface area (Å²) in [7, 11) is 0. The molecule has 0 saturated heterocycles. The molecule has 3 nitrogen and oxygen atoms in total. The largest absolute Gasteiger partial charge is 0.405 e. The summed E-state index contributed by atoms with van der Waals surface area (Å²) in [5.41, 5.74) is 25.9. The maximum Gasteiger partial charge on any atom is 0.0387 e. The molecule has 0 spiro atoms. The second-order valence-corrected chi connectivity index (χ2v) is 7.84. The number of rotatable bonds is 12. The Balaban J connectivity index is 2.97. The van der Waals surface area contributed by atoms with Crippen LogP contribution in [0.5, 0.6) is 0 Å². The average molecular weight is 466 g/mol.